The highest BCUT2D eigenvalue weighted by Gasteiger charge is 2.37. The zero-order chi connectivity index (χ0) is 35.5. The van der Waals surface area contributed by atoms with Crippen LogP contribution < -0.4 is 20.7 Å². The minimum absolute atomic E-state index is 0.223. The van der Waals surface area contributed by atoms with E-state index in [4.69, 9.17) is 26.2 Å². The molecule has 6 aromatic rings. The third-order valence-corrected chi connectivity index (χ3v) is 9.96. The van der Waals surface area contributed by atoms with Crippen LogP contribution in [0.4, 0.5) is 16.3 Å². The van der Waals surface area contributed by atoms with Crippen LogP contribution in [0.3, 0.4) is 0 Å². The van der Waals surface area contributed by atoms with Crippen LogP contribution in [0.5, 0.6) is 6.01 Å². The van der Waals surface area contributed by atoms with Crippen molar-refractivity contribution in [3.8, 4) is 16.5 Å². The highest BCUT2D eigenvalue weighted by atomic mass is 32.1. The first kappa shape index (κ1) is 33.3. The standard InChI is InChI=1S/C39H35N7O4S/c1-39(2)29-19-26(13-14-28(29)35-30(39)20-27(51-35)21-32(41-3)36-44-31-7-5-6-8-33(31)50-36)46(4)17-18-48-38(47)43-22-24-9-11-25(12-10-24)23-49-37-42-16-15-34(40)45-37/h5-16,19-21H,17-18,22-23H2,1-2,4H3,(H,43,47)(H2,40,42,45)/b32-21-. The SMILES string of the molecule is [C-]#[N+]/C(=C\c1cc2c(s1)-c1ccc(N(C)CCOC(=O)NCc3ccc(COc4nccc(N)n4)cc3)cc1C2(C)C)c1nc2ccccc2o1. The van der Waals surface area contributed by atoms with Gasteiger partial charge in [0.2, 0.25) is 11.6 Å². The predicted molar refractivity (Wildman–Crippen MR) is 199 cm³/mol. The van der Waals surface area contributed by atoms with E-state index < -0.39 is 6.09 Å². The number of likely N-dealkylation sites (N-methyl/N-ethyl adjacent to an activating group) is 1. The molecule has 12 heteroatoms. The molecule has 51 heavy (non-hydrogen) atoms. The Morgan fingerprint density at radius 1 is 1.06 bits per heavy atom. The molecule has 3 N–H and O–H groups in total. The van der Waals surface area contributed by atoms with E-state index in [1.165, 1.54) is 21.6 Å². The summed E-state index contributed by atoms with van der Waals surface area (Å²) in [5.41, 5.74) is 13.8. The highest BCUT2D eigenvalue weighted by Crippen LogP contribution is 2.53. The van der Waals surface area contributed by atoms with E-state index in [0.717, 1.165) is 27.2 Å². The molecule has 1 aliphatic carbocycles. The molecule has 1 aliphatic rings. The fourth-order valence-corrected chi connectivity index (χ4v) is 7.28. The number of carbonyl (C=O) groups is 1. The topological polar surface area (TPSA) is 133 Å². The number of benzene rings is 3. The number of oxazole rings is 1. The van der Waals surface area contributed by atoms with Crippen LogP contribution in [-0.2, 0) is 23.3 Å². The predicted octanol–water partition coefficient (Wildman–Crippen LogP) is 7.93. The maximum Gasteiger partial charge on any atom is 0.407 e. The van der Waals surface area contributed by atoms with Crippen molar-refractivity contribution in [2.24, 2.45) is 0 Å². The number of thiophene rings is 1. The van der Waals surface area contributed by atoms with Crippen molar-refractivity contribution in [3.05, 3.63) is 129 Å². The molecule has 1 amide bonds. The monoisotopic (exact) mass is 697 g/mol. The first-order valence-corrected chi connectivity index (χ1v) is 17.1. The van der Waals surface area contributed by atoms with Gasteiger partial charge in [-0.25, -0.2) is 19.6 Å². The lowest BCUT2D eigenvalue weighted by Crippen LogP contribution is -2.29. The van der Waals surface area contributed by atoms with E-state index in [2.05, 4.69) is 68.1 Å². The molecule has 0 radical (unpaired) electrons. The second kappa shape index (κ2) is 14.0. The van der Waals surface area contributed by atoms with Crippen LogP contribution in [-0.4, -0.2) is 41.2 Å². The van der Waals surface area contributed by atoms with Crippen molar-refractivity contribution in [2.75, 3.05) is 30.8 Å². The molecule has 0 atom stereocenters. The minimum atomic E-state index is -0.475. The van der Waals surface area contributed by atoms with E-state index >= 15 is 0 Å². The lowest BCUT2D eigenvalue weighted by Gasteiger charge is -2.24. The van der Waals surface area contributed by atoms with Crippen molar-refractivity contribution in [3.63, 3.8) is 0 Å². The average Bonchev–Trinajstić information content (AvgIpc) is 3.82. The van der Waals surface area contributed by atoms with Gasteiger partial charge in [-0.15, -0.1) is 11.3 Å². The number of fused-ring (bicyclic) bond motifs is 4. The van der Waals surface area contributed by atoms with Gasteiger partial charge >= 0.3 is 12.1 Å². The van der Waals surface area contributed by atoms with E-state index in [0.29, 0.717) is 42.7 Å². The van der Waals surface area contributed by atoms with Gasteiger partial charge in [-0.1, -0.05) is 56.3 Å². The number of hydrogen-bond donors (Lipinski definition) is 2. The number of nitrogens with zero attached hydrogens (tertiary/aromatic N) is 5. The number of nitrogens with two attached hydrogens (primary N) is 1. The molecule has 0 bridgehead atoms. The zero-order valence-electron chi connectivity index (χ0n) is 28.3. The molecule has 0 fully saturated rings. The molecule has 0 saturated heterocycles. The number of nitrogen functional groups attached to an aromatic ring is 1. The van der Waals surface area contributed by atoms with Gasteiger partial charge in [-0.2, -0.15) is 4.98 Å². The normalized spacial score (nSPS) is 12.9. The number of hydrogen-bond acceptors (Lipinski definition) is 10. The van der Waals surface area contributed by atoms with Gasteiger partial charge in [0, 0.05) is 40.6 Å². The van der Waals surface area contributed by atoms with Gasteiger partial charge in [0.15, 0.2) is 5.58 Å². The summed E-state index contributed by atoms with van der Waals surface area (Å²) < 4.78 is 16.9. The largest absolute Gasteiger partial charge is 0.459 e. The number of ether oxygens (including phenoxy) is 2. The minimum Gasteiger partial charge on any atom is -0.459 e. The maximum atomic E-state index is 12.4. The Morgan fingerprint density at radius 3 is 2.65 bits per heavy atom. The van der Waals surface area contributed by atoms with Gasteiger partial charge in [-0.05, 0) is 70.3 Å². The summed E-state index contributed by atoms with van der Waals surface area (Å²) in [5, 5.41) is 2.81. The van der Waals surface area contributed by atoms with Gasteiger partial charge in [-0.3, -0.25) is 0 Å². The molecule has 0 saturated carbocycles. The molecular weight excluding hydrogens is 663 g/mol. The first-order valence-electron chi connectivity index (χ1n) is 16.3. The van der Waals surface area contributed by atoms with E-state index in [-0.39, 0.29) is 18.0 Å². The number of amides is 1. The third kappa shape index (κ3) is 7.11. The summed E-state index contributed by atoms with van der Waals surface area (Å²) in [5.74, 6) is 0.675. The second-order valence-electron chi connectivity index (χ2n) is 12.7. The Kier molecular flexibility index (Phi) is 9.13. The van der Waals surface area contributed by atoms with Gasteiger partial charge in [0.05, 0.1) is 13.1 Å². The van der Waals surface area contributed by atoms with Crippen molar-refractivity contribution < 1.29 is 18.7 Å². The molecule has 3 heterocycles. The summed E-state index contributed by atoms with van der Waals surface area (Å²) in [6, 6.07) is 25.7. The highest BCUT2D eigenvalue weighted by molar-refractivity contribution is 7.16. The number of nitrogens with one attached hydrogen (secondary N) is 1. The molecule has 3 aromatic carbocycles. The van der Waals surface area contributed by atoms with E-state index in [1.807, 2.05) is 61.7 Å². The molecule has 0 spiro atoms. The van der Waals surface area contributed by atoms with Crippen molar-refractivity contribution >= 4 is 51.8 Å². The fraction of sp³-hybridized carbons (Fsp3) is 0.205. The molecule has 0 unspecified atom stereocenters. The lowest BCUT2D eigenvalue weighted by atomic mass is 9.82. The Labute approximate surface area is 299 Å². The summed E-state index contributed by atoms with van der Waals surface area (Å²) in [6.07, 6.45) is 2.93. The molecule has 11 nitrogen and oxygen atoms in total. The van der Waals surface area contributed by atoms with Crippen LogP contribution >= 0.6 is 11.3 Å². The molecule has 0 aliphatic heterocycles. The quantitative estimate of drug-likeness (QED) is 0.130. The van der Waals surface area contributed by atoms with Crippen LogP contribution in [0.2, 0.25) is 0 Å². The molecule has 256 valence electrons. The second-order valence-corrected chi connectivity index (χ2v) is 13.7. The Bertz CT molecular complexity index is 2270. The van der Waals surface area contributed by atoms with Crippen LogP contribution in [0.25, 0.3) is 38.2 Å². The molecule has 3 aromatic heterocycles. The maximum absolute atomic E-state index is 12.4. The Hall–Kier alpha value is -6.19. The van der Waals surface area contributed by atoms with Gasteiger partial charge in [0.25, 0.3) is 0 Å². The first-order chi connectivity index (χ1) is 24.7. The number of carbonyl (C=O) groups excluding carboxylic acids is 1. The van der Waals surface area contributed by atoms with Crippen LogP contribution in [0.15, 0.2) is 89.5 Å². The summed E-state index contributed by atoms with van der Waals surface area (Å²) in [6.45, 7) is 13.6. The summed E-state index contributed by atoms with van der Waals surface area (Å²) in [7, 11) is 1.99. The van der Waals surface area contributed by atoms with Gasteiger partial charge in [0.1, 0.15) is 24.5 Å². The number of anilines is 2. The van der Waals surface area contributed by atoms with Crippen LogP contribution in [0.1, 0.15) is 46.9 Å². The van der Waals surface area contributed by atoms with Crippen molar-refractivity contribution in [1.29, 1.82) is 0 Å². The Morgan fingerprint density at radius 2 is 1.86 bits per heavy atom. The van der Waals surface area contributed by atoms with Crippen LogP contribution in [0, 0.1) is 6.57 Å². The van der Waals surface area contributed by atoms with E-state index in [9.17, 15) is 4.79 Å². The summed E-state index contributed by atoms with van der Waals surface area (Å²) >= 11 is 1.67. The Balaban J connectivity index is 0.921. The molecular formula is C39H35N7O4S. The molecule has 7 rings (SSSR count). The average molecular weight is 698 g/mol. The van der Waals surface area contributed by atoms with Crippen molar-refractivity contribution in [2.45, 2.75) is 32.4 Å². The fourth-order valence-electron chi connectivity index (χ4n) is 5.99. The number of aromatic nitrogens is 3. The lowest BCUT2D eigenvalue weighted by molar-refractivity contribution is 0.148. The zero-order valence-corrected chi connectivity index (χ0v) is 29.2. The third-order valence-electron chi connectivity index (χ3n) is 8.84. The van der Waals surface area contributed by atoms with Gasteiger partial charge < -0.3 is 29.8 Å². The smallest absolute Gasteiger partial charge is 0.407 e. The summed E-state index contributed by atoms with van der Waals surface area (Å²) in [4.78, 5) is 33.0. The number of alkyl carbamates (subject to hydrolysis) is 1. The van der Waals surface area contributed by atoms with E-state index in [1.54, 1.807) is 23.6 Å². The van der Waals surface area contributed by atoms with Crippen molar-refractivity contribution in [1.82, 2.24) is 20.3 Å². The number of rotatable bonds is 11. The number of para-hydroxylation sites is 2.